The number of carbonyl (C=O) groups is 1. The molecule has 0 aliphatic rings. The van der Waals surface area contributed by atoms with Gasteiger partial charge < -0.3 is 25.1 Å². The smallest absolute Gasteiger partial charge is 0.388 e. The van der Waals surface area contributed by atoms with Crippen molar-refractivity contribution in [3.05, 3.63) is 0 Å². The Hall–Kier alpha value is -0.340. The SMILES string of the molecule is [2H]C([2H])(OP(=O)(O)O)[C@@H](O)[C@H](O)C(=O)CO. The highest BCUT2D eigenvalue weighted by Crippen LogP contribution is 2.35. The number of hydrogen-bond acceptors (Lipinski definition) is 6. The minimum atomic E-state index is -5.24. The summed E-state index contributed by atoms with van der Waals surface area (Å²) in [5.74, 6) is -1.31. The van der Waals surface area contributed by atoms with E-state index in [1.807, 2.05) is 0 Å². The average Bonchev–Trinajstić information content (AvgIpc) is 2.10. The van der Waals surface area contributed by atoms with Gasteiger partial charge in [-0.1, -0.05) is 0 Å². The molecule has 0 fully saturated rings. The second-order valence-corrected chi connectivity index (χ2v) is 3.38. The Morgan fingerprint density at radius 2 is 2.00 bits per heavy atom. The lowest BCUT2D eigenvalue weighted by Gasteiger charge is -2.15. The Bertz CT molecular complexity index is 301. The molecule has 14 heavy (non-hydrogen) atoms. The number of aliphatic hydroxyl groups excluding tert-OH is 3. The van der Waals surface area contributed by atoms with Crippen LogP contribution in [0.5, 0.6) is 0 Å². The van der Waals surface area contributed by atoms with Gasteiger partial charge in [0, 0.05) is 0 Å². The van der Waals surface area contributed by atoms with Crippen LogP contribution in [0.25, 0.3) is 0 Å². The zero-order valence-corrected chi connectivity index (χ0v) is 7.66. The Kier molecular flexibility index (Phi) is 4.02. The van der Waals surface area contributed by atoms with Gasteiger partial charge >= 0.3 is 7.82 Å². The highest BCUT2D eigenvalue weighted by atomic mass is 31.2. The van der Waals surface area contributed by atoms with Crippen LogP contribution in [0.4, 0.5) is 0 Å². The summed E-state index contributed by atoms with van der Waals surface area (Å²) in [7, 11) is -5.24. The molecule has 0 aromatic rings. The summed E-state index contributed by atoms with van der Waals surface area (Å²) < 4.78 is 27.7. The molecule has 5 N–H and O–H groups in total. The number of phosphoric acid groups is 1. The van der Waals surface area contributed by atoms with Crippen molar-refractivity contribution in [1.82, 2.24) is 0 Å². The fourth-order valence-corrected chi connectivity index (χ4v) is 0.702. The lowest BCUT2D eigenvalue weighted by molar-refractivity contribution is -0.137. The van der Waals surface area contributed by atoms with Gasteiger partial charge in [-0.05, 0) is 0 Å². The van der Waals surface area contributed by atoms with E-state index >= 15 is 0 Å². The van der Waals surface area contributed by atoms with E-state index in [1.165, 1.54) is 0 Å². The van der Waals surface area contributed by atoms with Crippen LogP contribution < -0.4 is 0 Å². The summed E-state index contributed by atoms with van der Waals surface area (Å²) in [5, 5.41) is 26.4. The van der Waals surface area contributed by atoms with Crippen molar-refractivity contribution < 1.29 is 41.7 Å². The molecule has 2 atom stereocenters. The van der Waals surface area contributed by atoms with Gasteiger partial charge in [-0.2, -0.15) is 0 Å². The summed E-state index contributed by atoms with van der Waals surface area (Å²) in [6.45, 7) is -4.51. The highest BCUT2D eigenvalue weighted by Gasteiger charge is 2.26. The third-order valence-corrected chi connectivity index (χ3v) is 1.42. The lowest BCUT2D eigenvalue weighted by Crippen LogP contribution is -2.38. The highest BCUT2D eigenvalue weighted by molar-refractivity contribution is 7.46. The first-order valence-corrected chi connectivity index (χ1v) is 4.80. The number of phosphoric ester groups is 1. The first-order chi connectivity index (χ1) is 7.01. The van der Waals surface area contributed by atoms with Gasteiger partial charge in [-0.15, -0.1) is 0 Å². The van der Waals surface area contributed by atoms with Crippen LogP contribution in [-0.4, -0.2) is 56.3 Å². The minimum absolute atomic E-state index is 1.16. The molecular formula is C5H11O8P. The summed E-state index contributed by atoms with van der Waals surface area (Å²) in [4.78, 5) is 27.3. The maximum absolute atomic E-state index is 10.7. The van der Waals surface area contributed by atoms with E-state index in [4.69, 9.17) is 27.8 Å². The molecule has 0 aromatic heterocycles. The third-order valence-electron chi connectivity index (χ3n) is 1.08. The predicted octanol–water partition coefficient (Wildman–Crippen LogP) is -2.62. The Balaban J connectivity index is 4.75. The maximum atomic E-state index is 10.7. The van der Waals surface area contributed by atoms with Gasteiger partial charge in [0.05, 0.1) is 9.30 Å². The molecule has 0 radical (unpaired) electrons. The zero-order chi connectivity index (χ0) is 13.1. The monoisotopic (exact) mass is 232 g/mol. The molecule has 84 valence electrons. The van der Waals surface area contributed by atoms with Gasteiger partial charge in [-0.3, -0.25) is 9.32 Å². The lowest BCUT2D eigenvalue weighted by atomic mass is 10.1. The standard InChI is InChI=1S/C5H11O8P/c6-1-3(7)5(9)4(8)2-13-14(10,11)12/h4-6,8-9H,1-2H2,(H2,10,11,12)/t4-,5-/m1/s1/i2D2. The van der Waals surface area contributed by atoms with Crippen molar-refractivity contribution in [1.29, 1.82) is 0 Å². The summed E-state index contributed by atoms with van der Waals surface area (Å²) in [6, 6.07) is 0. The molecule has 0 aliphatic heterocycles. The number of carbonyl (C=O) groups excluding carboxylic acids is 1. The second-order valence-electron chi connectivity index (χ2n) is 2.21. The molecule has 8 nitrogen and oxygen atoms in total. The average molecular weight is 232 g/mol. The molecule has 9 heteroatoms. The third kappa shape index (κ3) is 5.40. The minimum Gasteiger partial charge on any atom is -0.388 e. The van der Waals surface area contributed by atoms with Crippen molar-refractivity contribution in [2.24, 2.45) is 0 Å². The van der Waals surface area contributed by atoms with E-state index < -0.39 is 39.0 Å². The molecule has 0 aromatic carbocycles. The van der Waals surface area contributed by atoms with E-state index in [9.17, 15) is 9.36 Å². The number of hydrogen-bond donors (Lipinski definition) is 5. The Morgan fingerprint density at radius 1 is 1.50 bits per heavy atom. The van der Waals surface area contributed by atoms with Crippen LogP contribution in [0.3, 0.4) is 0 Å². The number of rotatable bonds is 6. The van der Waals surface area contributed by atoms with Crippen molar-refractivity contribution in [3.8, 4) is 0 Å². The van der Waals surface area contributed by atoms with Gasteiger partial charge in [0.1, 0.15) is 18.8 Å². The molecule has 0 bridgehead atoms. The molecule has 0 amide bonds. The topological polar surface area (TPSA) is 145 Å². The molecule has 0 spiro atoms. The first-order valence-electron chi connectivity index (χ1n) is 4.27. The second kappa shape index (κ2) is 5.52. The number of Topliss-reactive ketones (excluding diaryl/α,β-unsaturated/α-hetero) is 1. The van der Waals surface area contributed by atoms with Crippen LogP contribution in [-0.2, 0) is 13.9 Å². The molecule has 0 saturated carbocycles. The zero-order valence-electron chi connectivity index (χ0n) is 8.77. The normalized spacial score (nSPS) is 19.5. The molecule has 0 saturated heterocycles. The summed E-state index contributed by atoms with van der Waals surface area (Å²) in [6.07, 6.45) is -4.90. The van der Waals surface area contributed by atoms with E-state index in [0.29, 0.717) is 0 Å². The fraction of sp³-hybridized carbons (Fsp3) is 0.800. The van der Waals surface area contributed by atoms with Crippen LogP contribution in [0.1, 0.15) is 2.74 Å². The van der Waals surface area contributed by atoms with Crippen molar-refractivity contribution in [3.63, 3.8) is 0 Å². The van der Waals surface area contributed by atoms with Crippen LogP contribution in [0, 0.1) is 0 Å². The van der Waals surface area contributed by atoms with Crippen LogP contribution >= 0.6 is 7.82 Å². The first kappa shape index (κ1) is 10.2. The largest absolute Gasteiger partial charge is 0.469 e. The van der Waals surface area contributed by atoms with Gasteiger partial charge in [0.25, 0.3) is 0 Å². The van der Waals surface area contributed by atoms with Crippen molar-refractivity contribution in [2.45, 2.75) is 12.2 Å². The molecule has 0 rings (SSSR count). The molecule has 0 unspecified atom stereocenters. The van der Waals surface area contributed by atoms with Crippen molar-refractivity contribution in [2.75, 3.05) is 13.2 Å². The van der Waals surface area contributed by atoms with E-state index in [-0.39, 0.29) is 0 Å². The maximum Gasteiger partial charge on any atom is 0.469 e. The predicted molar refractivity (Wildman–Crippen MR) is 42.1 cm³/mol. The van der Waals surface area contributed by atoms with Gasteiger partial charge in [0.2, 0.25) is 0 Å². The molecule has 0 aliphatic carbocycles. The Morgan fingerprint density at radius 3 is 2.36 bits per heavy atom. The van der Waals surface area contributed by atoms with Crippen LogP contribution in [0.15, 0.2) is 0 Å². The van der Waals surface area contributed by atoms with Crippen molar-refractivity contribution >= 4 is 13.6 Å². The van der Waals surface area contributed by atoms with E-state index in [2.05, 4.69) is 4.52 Å². The van der Waals surface area contributed by atoms with E-state index in [0.717, 1.165) is 0 Å². The van der Waals surface area contributed by atoms with Gasteiger partial charge in [0.15, 0.2) is 5.78 Å². The summed E-state index contributed by atoms with van der Waals surface area (Å²) in [5.41, 5.74) is 0. The quantitative estimate of drug-likeness (QED) is 0.313. The van der Waals surface area contributed by atoms with E-state index in [1.54, 1.807) is 0 Å². The Labute approximate surface area is 81.8 Å². The molecule has 0 heterocycles. The van der Waals surface area contributed by atoms with Gasteiger partial charge in [-0.25, -0.2) is 4.57 Å². The summed E-state index contributed by atoms with van der Waals surface area (Å²) >= 11 is 0. The van der Waals surface area contributed by atoms with Crippen LogP contribution in [0.2, 0.25) is 0 Å². The number of aliphatic hydroxyl groups is 3. The number of ketones is 1. The fourth-order valence-electron chi connectivity index (χ4n) is 0.457. The molecular weight excluding hydrogens is 219 g/mol.